The Morgan fingerprint density at radius 1 is 1.32 bits per heavy atom. The highest BCUT2D eigenvalue weighted by molar-refractivity contribution is 5.32. The van der Waals surface area contributed by atoms with Crippen molar-refractivity contribution in [2.45, 2.75) is 63.6 Å². The van der Waals surface area contributed by atoms with Crippen LogP contribution in [0.4, 0.5) is 0 Å². The van der Waals surface area contributed by atoms with E-state index in [-0.39, 0.29) is 23.2 Å². The van der Waals surface area contributed by atoms with Crippen molar-refractivity contribution < 1.29 is 19.7 Å². The fourth-order valence-corrected chi connectivity index (χ4v) is 4.99. The van der Waals surface area contributed by atoms with Crippen molar-refractivity contribution in [1.82, 2.24) is 0 Å². The fraction of sp³-hybridized carbons (Fsp3) is 0.867. The average Bonchev–Trinajstić information content (AvgIpc) is 3.07. The van der Waals surface area contributed by atoms with Gasteiger partial charge in [-0.1, -0.05) is 25.5 Å². The highest BCUT2D eigenvalue weighted by Crippen LogP contribution is 2.71. The lowest BCUT2D eigenvalue weighted by Crippen LogP contribution is -2.65. The Morgan fingerprint density at radius 3 is 2.63 bits per heavy atom. The van der Waals surface area contributed by atoms with Gasteiger partial charge in [-0.15, -0.1) is 0 Å². The van der Waals surface area contributed by atoms with Crippen LogP contribution < -0.4 is 0 Å². The molecule has 0 radical (unpaired) electrons. The largest absolute Gasteiger partial charge is 0.392 e. The van der Waals surface area contributed by atoms with Crippen molar-refractivity contribution in [2.24, 2.45) is 10.8 Å². The molecule has 7 atom stereocenters. The molecule has 2 heterocycles. The Morgan fingerprint density at radius 2 is 2.00 bits per heavy atom. The van der Waals surface area contributed by atoms with Crippen LogP contribution in [0.1, 0.15) is 33.6 Å². The second kappa shape index (κ2) is 3.25. The molecular weight excluding hydrogens is 244 g/mol. The zero-order valence-electron chi connectivity index (χ0n) is 11.7. The molecule has 1 spiro atoms. The summed E-state index contributed by atoms with van der Waals surface area (Å²) in [6.07, 6.45) is 2.15. The van der Waals surface area contributed by atoms with Gasteiger partial charge in [0.05, 0.1) is 24.9 Å². The number of aliphatic hydroxyl groups excluding tert-OH is 2. The predicted octanol–water partition coefficient (Wildman–Crippen LogP) is 1.01. The Balaban J connectivity index is 1.89. The maximum Gasteiger partial charge on any atom is 0.126 e. The highest BCUT2D eigenvalue weighted by atomic mass is 16.6. The molecule has 4 aliphatic rings. The zero-order chi connectivity index (χ0) is 13.6. The van der Waals surface area contributed by atoms with Gasteiger partial charge in [0.1, 0.15) is 11.7 Å². The van der Waals surface area contributed by atoms with Crippen molar-refractivity contribution >= 4 is 0 Å². The number of rotatable bonds is 0. The van der Waals surface area contributed by atoms with Gasteiger partial charge in [0.2, 0.25) is 0 Å². The van der Waals surface area contributed by atoms with Gasteiger partial charge in [0, 0.05) is 10.8 Å². The van der Waals surface area contributed by atoms with Gasteiger partial charge in [0.15, 0.2) is 0 Å². The molecule has 0 aromatic carbocycles. The topological polar surface area (TPSA) is 62.2 Å². The van der Waals surface area contributed by atoms with Crippen molar-refractivity contribution in [3.63, 3.8) is 0 Å². The first-order valence-corrected chi connectivity index (χ1v) is 7.18. The third-order valence-corrected chi connectivity index (χ3v) is 6.53. The van der Waals surface area contributed by atoms with Crippen LogP contribution in [0.5, 0.6) is 0 Å². The molecule has 4 nitrogen and oxygen atoms in total. The lowest BCUT2D eigenvalue weighted by molar-refractivity contribution is -0.228. The molecule has 3 fully saturated rings. The molecule has 0 unspecified atom stereocenters. The van der Waals surface area contributed by atoms with Crippen LogP contribution >= 0.6 is 0 Å². The molecular formula is C15H22O4. The molecule has 2 saturated heterocycles. The first-order valence-electron chi connectivity index (χ1n) is 7.18. The molecule has 0 aromatic heterocycles. The van der Waals surface area contributed by atoms with Gasteiger partial charge in [-0.05, 0) is 19.8 Å². The maximum atomic E-state index is 10.7. The molecule has 2 bridgehead atoms. The fourth-order valence-electron chi connectivity index (χ4n) is 4.99. The van der Waals surface area contributed by atoms with E-state index < -0.39 is 17.6 Å². The van der Waals surface area contributed by atoms with Crippen LogP contribution in [0.15, 0.2) is 11.6 Å². The van der Waals surface area contributed by atoms with E-state index in [1.165, 1.54) is 5.57 Å². The summed E-state index contributed by atoms with van der Waals surface area (Å²) in [4.78, 5) is 0. The summed E-state index contributed by atoms with van der Waals surface area (Å²) in [7, 11) is 0. The van der Waals surface area contributed by atoms with Crippen molar-refractivity contribution in [2.75, 3.05) is 6.61 Å². The second-order valence-corrected chi connectivity index (χ2v) is 7.27. The number of epoxide rings is 1. The first-order chi connectivity index (χ1) is 8.85. The van der Waals surface area contributed by atoms with Crippen LogP contribution in [0, 0.1) is 10.8 Å². The van der Waals surface area contributed by atoms with Crippen LogP contribution in [0.25, 0.3) is 0 Å². The number of aliphatic hydroxyl groups is 2. The smallest absolute Gasteiger partial charge is 0.126 e. The van der Waals surface area contributed by atoms with Crippen LogP contribution in [-0.4, -0.2) is 46.8 Å². The van der Waals surface area contributed by atoms with Gasteiger partial charge in [-0.25, -0.2) is 0 Å². The molecule has 2 N–H and O–H groups in total. The Bertz CT molecular complexity index is 469. The third-order valence-electron chi connectivity index (χ3n) is 6.53. The van der Waals surface area contributed by atoms with E-state index >= 15 is 0 Å². The summed E-state index contributed by atoms with van der Waals surface area (Å²) in [5.41, 5.74) is 0.165. The van der Waals surface area contributed by atoms with Crippen LogP contribution in [0.2, 0.25) is 0 Å². The van der Waals surface area contributed by atoms with Gasteiger partial charge in [-0.2, -0.15) is 0 Å². The Hall–Kier alpha value is -0.420. The van der Waals surface area contributed by atoms with Gasteiger partial charge in [0.25, 0.3) is 0 Å². The standard InChI is InChI=1S/C15H22O4/c1-8-4-10(17)14(3)11(5-8)19-12-9(16)6-13(14,2)15(12)7-18-15/h5,9-12,16-17H,4,6-7H2,1-3H3/t9-,10-,11-,12-,13-,14+,15+/m1/s1. The highest BCUT2D eigenvalue weighted by Gasteiger charge is 2.81. The molecule has 2 aliphatic heterocycles. The van der Waals surface area contributed by atoms with E-state index in [1.807, 2.05) is 6.92 Å². The minimum atomic E-state index is -0.490. The predicted molar refractivity (Wildman–Crippen MR) is 68.6 cm³/mol. The molecule has 0 aromatic rings. The van der Waals surface area contributed by atoms with Crippen molar-refractivity contribution in [1.29, 1.82) is 0 Å². The van der Waals surface area contributed by atoms with E-state index in [1.54, 1.807) is 0 Å². The summed E-state index contributed by atoms with van der Waals surface area (Å²) in [6, 6.07) is 0. The number of hydrogen-bond acceptors (Lipinski definition) is 4. The van der Waals surface area contributed by atoms with Gasteiger partial charge < -0.3 is 19.7 Å². The normalized spacial score (nSPS) is 62.9. The second-order valence-electron chi connectivity index (χ2n) is 7.27. The Labute approximate surface area is 113 Å². The average molecular weight is 266 g/mol. The lowest BCUT2D eigenvalue weighted by atomic mass is 9.51. The lowest BCUT2D eigenvalue weighted by Gasteiger charge is -2.58. The molecule has 2 aliphatic carbocycles. The molecule has 4 heteroatoms. The summed E-state index contributed by atoms with van der Waals surface area (Å²) < 4.78 is 11.9. The zero-order valence-corrected chi connectivity index (χ0v) is 11.7. The van der Waals surface area contributed by atoms with Gasteiger partial charge in [-0.3, -0.25) is 0 Å². The third kappa shape index (κ3) is 1.13. The number of hydrogen-bond donors (Lipinski definition) is 2. The van der Waals surface area contributed by atoms with E-state index in [0.29, 0.717) is 19.4 Å². The summed E-state index contributed by atoms with van der Waals surface area (Å²) in [6.45, 7) is 6.94. The van der Waals surface area contributed by atoms with Crippen molar-refractivity contribution in [3.05, 3.63) is 11.6 Å². The van der Waals surface area contributed by atoms with Crippen LogP contribution in [-0.2, 0) is 9.47 Å². The monoisotopic (exact) mass is 266 g/mol. The van der Waals surface area contributed by atoms with E-state index in [2.05, 4.69) is 19.9 Å². The Kier molecular flexibility index (Phi) is 2.11. The summed E-state index contributed by atoms with van der Waals surface area (Å²) >= 11 is 0. The summed E-state index contributed by atoms with van der Waals surface area (Å²) in [5, 5.41) is 21.1. The van der Waals surface area contributed by atoms with Crippen LogP contribution in [0.3, 0.4) is 0 Å². The summed E-state index contributed by atoms with van der Waals surface area (Å²) in [5.74, 6) is 0. The molecule has 1 saturated carbocycles. The van der Waals surface area contributed by atoms with E-state index in [0.717, 1.165) is 0 Å². The quantitative estimate of drug-likeness (QED) is 0.507. The molecule has 0 amide bonds. The number of ether oxygens (including phenoxy) is 2. The van der Waals surface area contributed by atoms with E-state index in [4.69, 9.17) is 9.47 Å². The molecule has 106 valence electrons. The number of fused-ring (bicyclic) bond motifs is 2. The van der Waals surface area contributed by atoms with E-state index in [9.17, 15) is 10.2 Å². The SMILES string of the molecule is CC1=C[C@H]2O[C@@H]3[C@H](O)C[C@](C)([C@@]2(C)[C@H](O)C1)[C@]31CO1. The minimum Gasteiger partial charge on any atom is -0.392 e. The minimum absolute atomic E-state index is 0.127. The first kappa shape index (κ1) is 12.3. The van der Waals surface area contributed by atoms with Gasteiger partial charge >= 0.3 is 0 Å². The van der Waals surface area contributed by atoms with Crippen molar-refractivity contribution in [3.8, 4) is 0 Å². The molecule has 4 rings (SSSR count). The maximum absolute atomic E-state index is 10.7. The molecule has 19 heavy (non-hydrogen) atoms.